The van der Waals surface area contributed by atoms with Gasteiger partial charge in [0, 0.05) is 81.9 Å². The minimum Gasteiger partial charge on any atom is -0.371 e. The Hall–Kier alpha value is -3.22. The summed E-state index contributed by atoms with van der Waals surface area (Å²) in [7, 11) is 0. The third-order valence-electron chi connectivity index (χ3n) is 7.93. The van der Waals surface area contributed by atoms with E-state index in [0.717, 1.165) is 82.1 Å². The van der Waals surface area contributed by atoms with Gasteiger partial charge in [-0.25, -0.2) is 0 Å². The average molecular weight is 513 g/mol. The number of ether oxygens (including phenoxy) is 2. The molecule has 1 aromatic heterocycles. The molecule has 0 unspecified atom stereocenters. The maximum atomic E-state index is 9.52. The van der Waals surface area contributed by atoms with Gasteiger partial charge in [-0.1, -0.05) is 12.1 Å². The fourth-order valence-electron chi connectivity index (χ4n) is 6.02. The van der Waals surface area contributed by atoms with Crippen LogP contribution >= 0.6 is 0 Å². The van der Waals surface area contributed by atoms with Crippen molar-refractivity contribution in [1.82, 2.24) is 15.2 Å². The number of hydrogen-bond acceptors (Lipinski definition) is 8. The zero-order valence-electron chi connectivity index (χ0n) is 22.1. The molecule has 0 spiro atoms. The van der Waals surface area contributed by atoms with Gasteiger partial charge in [-0.15, -0.1) is 0 Å². The van der Waals surface area contributed by atoms with Gasteiger partial charge in [-0.05, 0) is 48.9 Å². The number of morpholine rings is 2. The van der Waals surface area contributed by atoms with Crippen LogP contribution < -0.4 is 15.1 Å². The quantitative estimate of drug-likeness (QED) is 0.559. The Kier molecular flexibility index (Phi) is 7.43. The molecule has 8 heteroatoms. The van der Waals surface area contributed by atoms with Gasteiger partial charge < -0.3 is 24.6 Å². The molecular weight excluding hydrogens is 476 g/mol. The molecule has 0 radical (unpaired) electrons. The van der Waals surface area contributed by atoms with Crippen molar-refractivity contribution in [2.24, 2.45) is 0 Å². The summed E-state index contributed by atoms with van der Waals surface area (Å²) in [6.45, 7) is 11.4. The molecule has 6 rings (SSSR count). The first-order valence-corrected chi connectivity index (χ1v) is 13.8. The van der Waals surface area contributed by atoms with Gasteiger partial charge in [-0.3, -0.25) is 9.88 Å². The Bertz CT molecular complexity index is 1280. The van der Waals surface area contributed by atoms with Crippen molar-refractivity contribution in [2.45, 2.75) is 25.2 Å². The molecule has 3 fully saturated rings. The largest absolute Gasteiger partial charge is 0.371 e. The van der Waals surface area contributed by atoms with E-state index < -0.39 is 0 Å². The maximum absolute atomic E-state index is 9.52. The monoisotopic (exact) mass is 512 g/mol. The zero-order valence-corrected chi connectivity index (χ0v) is 22.1. The molecule has 3 saturated heterocycles. The molecule has 3 aromatic rings. The second kappa shape index (κ2) is 11.3. The lowest BCUT2D eigenvalue weighted by molar-refractivity contribution is -0.0327. The highest BCUT2D eigenvalue weighted by atomic mass is 16.5. The second-order valence-electron chi connectivity index (χ2n) is 10.6. The SMILES string of the molecule is C[C@@H]1CN(c2ccc(C#N)c3ncccc23)C[C@H](CN2CCN(c3ccc([C@H]4CNCCO4)cc3)CC2)O1. The Balaban J connectivity index is 1.07. The van der Waals surface area contributed by atoms with Gasteiger partial charge in [0.15, 0.2) is 0 Å². The lowest BCUT2D eigenvalue weighted by atomic mass is 10.1. The first-order valence-electron chi connectivity index (χ1n) is 13.8. The van der Waals surface area contributed by atoms with E-state index in [2.05, 4.69) is 74.4 Å². The Morgan fingerprint density at radius 2 is 1.87 bits per heavy atom. The molecule has 0 saturated carbocycles. The summed E-state index contributed by atoms with van der Waals surface area (Å²) < 4.78 is 12.3. The van der Waals surface area contributed by atoms with E-state index in [1.807, 2.05) is 12.1 Å². The summed E-state index contributed by atoms with van der Waals surface area (Å²) in [5.74, 6) is 0. The van der Waals surface area contributed by atoms with Crippen molar-refractivity contribution >= 4 is 22.3 Å². The molecule has 3 aliphatic rings. The van der Waals surface area contributed by atoms with Crippen LogP contribution in [0.15, 0.2) is 54.7 Å². The van der Waals surface area contributed by atoms with Crippen molar-refractivity contribution in [3.8, 4) is 6.07 Å². The molecular formula is C30H36N6O2. The minimum absolute atomic E-state index is 0.135. The van der Waals surface area contributed by atoms with Gasteiger partial charge in [-0.2, -0.15) is 5.26 Å². The van der Waals surface area contributed by atoms with E-state index in [9.17, 15) is 5.26 Å². The van der Waals surface area contributed by atoms with Gasteiger partial charge in [0.1, 0.15) is 6.07 Å². The highest BCUT2D eigenvalue weighted by Gasteiger charge is 2.29. The molecule has 198 valence electrons. The molecule has 3 atom stereocenters. The summed E-state index contributed by atoms with van der Waals surface area (Å²) in [4.78, 5) is 11.9. The molecule has 4 heterocycles. The van der Waals surface area contributed by atoms with Crippen LogP contribution in [0.4, 0.5) is 11.4 Å². The number of pyridine rings is 1. The summed E-state index contributed by atoms with van der Waals surface area (Å²) in [6.07, 6.45) is 2.19. The van der Waals surface area contributed by atoms with Crippen LogP contribution in [0, 0.1) is 11.3 Å². The van der Waals surface area contributed by atoms with E-state index in [-0.39, 0.29) is 18.3 Å². The summed E-state index contributed by atoms with van der Waals surface area (Å²) in [6, 6.07) is 19.2. The molecule has 8 nitrogen and oxygen atoms in total. The number of aromatic nitrogens is 1. The third-order valence-corrected chi connectivity index (χ3v) is 7.93. The van der Waals surface area contributed by atoms with Gasteiger partial charge >= 0.3 is 0 Å². The van der Waals surface area contributed by atoms with Crippen LogP contribution in [0.25, 0.3) is 10.9 Å². The highest BCUT2D eigenvalue weighted by molar-refractivity contribution is 5.95. The van der Waals surface area contributed by atoms with E-state index in [0.29, 0.717) is 5.56 Å². The number of hydrogen-bond donors (Lipinski definition) is 1. The minimum atomic E-state index is 0.135. The number of anilines is 2. The molecule has 38 heavy (non-hydrogen) atoms. The van der Waals surface area contributed by atoms with Crippen molar-refractivity contribution in [1.29, 1.82) is 5.26 Å². The Morgan fingerprint density at radius 3 is 2.63 bits per heavy atom. The van der Waals surface area contributed by atoms with Gasteiger partial charge in [0.2, 0.25) is 0 Å². The van der Waals surface area contributed by atoms with Crippen molar-refractivity contribution in [3.63, 3.8) is 0 Å². The van der Waals surface area contributed by atoms with Crippen LogP contribution in [-0.4, -0.2) is 87.6 Å². The number of nitriles is 1. The van der Waals surface area contributed by atoms with E-state index in [1.165, 1.54) is 11.3 Å². The van der Waals surface area contributed by atoms with Crippen molar-refractivity contribution in [2.75, 3.05) is 75.3 Å². The maximum Gasteiger partial charge on any atom is 0.101 e. The van der Waals surface area contributed by atoms with E-state index >= 15 is 0 Å². The molecule has 2 aromatic carbocycles. The molecule has 3 aliphatic heterocycles. The number of nitrogens with zero attached hydrogens (tertiary/aromatic N) is 5. The van der Waals surface area contributed by atoms with Crippen LogP contribution in [0.3, 0.4) is 0 Å². The first kappa shape index (κ1) is 25.1. The number of benzene rings is 2. The normalized spacial score (nSPS) is 24.9. The second-order valence-corrected chi connectivity index (χ2v) is 10.6. The summed E-state index contributed by atoms with van der Waals surface area (Å²) >= 11 is 0. The molecule has 0 amide bonds. The van der Waals surface area contributed by atoms with Crippen LogP contribution in [0.1, 0.15) is 24.2 Å². The smallest absolute Gasteiger partial charge is 0.101 e. The summed E-state index contributed by atoms with van der Waals surface area (Å²) in [5.41, 5.74) is 5.06. The van der Waals surface area contributed by atoms with Crippen LogP contribution in [0.2, 0.25) is 0 Å². The van der Waals surface area contributed by atoms with E-state index in [4.69, 9.17) is 9.47 Å². The summed E-state index contributed by atoms with van der Waals surface area (Å²) in [5, 5.41) is 14.0. The van der Waals surface area contributed by atoms with E-state index in [1.54, 1.807) is 6.20 Å². The number of fused-ring (bicyclic) bond motifs is 1. The predicted molar refractivity (Wildman–Crippen MR) is 150 cm³/mol. The standard InChI is InChI=1S/C30H36N6O2/c1-22-19-36(28-9-6-24(17-31)30-27(28)3-2-10-33-30)21-26(38-22)20-34-12-14-35(15-13-34)25-7-4-23(5-8-25)29-18-32-11-16-37-29/h2-10,22,26,29,32H,11-16,18-21H2,1H3/t22-,26+,29-/m1/s1. The average Bonchev–Trinajstić information content (AvgIpc) is 2.97. The lowest BCUT2D eigenvalue weighted by Gasteiger charge is -2.42. The van der Waals surface area contributed by atoms with Crippen LogP contribution in [0.5, 0.6) is 0 Å². The molecule has 0 aliphatic carbocycles. The van der Waals surface area contributed by atoms with Crippen molar-refractivity contribution in [3.05, 3.63) is 65.9 Å². The Labute approximate surface area is 224 Å². The highest BCUT2D eigenvalue weighted by Crippen LogP contribution is 2.30. The predicted octanol–water partition coefficient (Wildman–Crippen LogP) is 3.18. The van der Waals surface area contributed by atoms with Crippen LogP contribution in [-0.2, 0) is 9.47 Å². The molecule has 1 N–H and O–H groups in total. The zero-order chi connectivity index (χ0) is 25.9. The van der Waals surface area contributed by atoms with Gasteiger partial charge in [0.05, 0.1) is 36.0 Å². The lowest BCUT2D eigenvalue weighted by Crippen LogP contribution is -2.54. The van der Waals surface area contributed by atoms with Crippen molar-refractivity contribution < 1.29 is 9.47 Å². The first-order chi connectivity index (χ1) is 18.7. The number of rotatable bonds is 5. The Morgan fingerprint density at radius 1 is 1.03 bits per heavy atom. The van der Waals surface area contributed by atoms with Gasteiger partial charge in [0.25, 0.3) is 0 Å². The number of piperazine rings is 1. The molecule has 0 bridgehead atoms. The number of nitrogens with one attached hydrogen (secondary N) is 1. The topological polar surface area (TPSA) is 76.9 Å². The fraction of sp³-hybridized carbons (Fsp3) is 0.467. The fourth-order valence-corrected chi connectivity index (χ4v) is 6.02. The third kappa shape index (κ3) is 5.33.